The van der Waals surface area contributed by atoms with Crippen molar-refractivity contribution in [1.29, 1.82) is 0 Å². The van der Waals surface area contributed by atoms with Gasteiger partial charge in [0.2, 0.25) is 5.95 Å². The smallest absolute Gasteiger partial charge is 0.220 e. The molecule has 0 saturated heterocycles. The van der Waals surface area contributed by atoms with Crippen molar-refractivity contribution in [2.75, 3.05) is 5.73 Å². The molecule has 0 fully saturated rings. The second-order valence-electron chi connectivity index (χ2n) is 3.00. The van der Waals surface area contributed by atoms with Gasteiger partial charge in [-0.3, -0.25) is 4.98 Å². The first kappa shape index (κ1) is 8.62. The summed E-state index contributed by atoms with van der Waals surface area (Å²) in [6.07, 6.45) is 5.18. The van der Waals surface area contributed by atoms with Crippen LogP contribution in [0.25, 0.3) is 11.3 Å². The molecule has 2 heterocycles. The summed E-state index contributed by atoms with van der Waals surface area (Å²) < 4.78 is 0. The Labute approximate surface area is 81.9 Å². The molecule has 2 rings (SSSR count). The van der Waals surface area contributed by atoms with Crippen molar-refractivity contribution in [3.63, 3.8) is 0 Å². The summed E-state index contributed by atoms with van der Waals surface area (Å²) in [4.78, 5) is 12.0. The van der Waals surface area contributed by atoms with Crippen LogP contribution < -0.4 is 5.73 Å². The summed E-state index contributed by atoms with van der Waals surface area (Å²) >= 11 is 0. The monoisotopic (exact) mass is 186 g/mol. The van der Waals surface area contributed by atoms with Crippen LogP contribution in [0.4, 0.5) is 5.95 Å². The van der Waals surface area contributed by atoms with Gasteiger partial charge in [-0.25, -0.2) is 9.97 Å². The van der Waals surface area contributed by atoms with Crippen molar-refractivity contribution in [2.24, 2.45) is 0 Å². The number of aryl methyl sites for hydroxylation is 1. The molecule has 0 radical (unpaired) electrons. The van der Waals surface area contributed by atoms with Gasteiger partial charge in [-0.2, -0.15) is 0 Å². The number of hydrogen-bond acceptors (Lipinski definition) is 4. The molecule has 0 amide bonds. The molecule has 2 aromatic rings. The molecule has 0 saturated carbocycles. The van der Waals surface area contributed by atoms with E-state index in [1.165, 1.54) is 0 Å². The molecule has 0 atom stereocenters. The molecule has 0 bridgehead atoms. The van der Waals surface area contributed by atoms with Gasteiger partial charge in [0, 0.05) is 24.2 Å². The highest BCUT2D eigenvalue weighted by Gasteiger charge is 2.03. The van der Waals surface area contributed by atoms with Crippen LogP contribution in [0.1, 0.15) is 5.56 Å². The predicted molar refractivity (Wildman–Crippen MR) is 54.4 cm³/mol. The summed E-state index contributed by atoms with van der Waals surface area (Å²) in [7, 11) is 0. The van der Waals surface area contributed by atoms with Crippen molar-refractivity contribution in [3.05, 3.63) is 36.3 Å². The van der Waals surface area contributed by atoms with Crippen LogP contribution in [0, 0.1) is 6.92 Å². The molecule has 0 aliphatic heterocycles. The van der Waals surface area contributed by atoms with Gasteiger partial charge in [-0.1, -0.05) is 0 Å². The van der Waals surface area contributed by atoms with Crippen molar-refractivity contribution in [1.82, 2.24) is 15.0 Å². The van der Waals surface area contributed by atoms with E-state index in [1.807, 2.05) is 19.1 Å². The van der Waals surface area contributed by atoms with E-state index in [4.69, 9.17) is 5.73 Å². The van der Waals surface area contributed by atoms with E-state index in [9.17, 15) is 0 Å². The molecule has 0 aromatic carbocycles. The summed E-state index contributed by atoms with van der Waals surface area (Å²) in [6, 6.07) is 3.80. The fourth-order valence-electron chi connectivity index (χ4n) is 1.26. The van der Waals surface area contributed by atoms with Crippen LogP contribution in [0.5, 0.6) is 0 Å². The highest BCUT2D eigenvalue weighted by atomic mass is 15.0. The van der Waals surface area contributed by atoms with Crippen molar-refractivity contribution < 1.29 is 0 Å². The fraction of sp³-hybridized carbons (Fsp3) is 0.100. The van der Waals surface area contributed by atoms with E-state index in [1.54, 1.807) is 18.6 Å². The zero-order valence-electron chi connectivity index (χ0n) is 7.81. The molecule has 14 heavy (non-hydrogen) atoms. The maximum absolute atomic E-state index is 5.53. The van der Waals surface area contributed by atoms with Gasteiger partial charge < -0.3 is 5.73 Å². The van der Waals surface area contributed by atoms with Gasteiger partial charge in [-0.15, -0.1) is 0 Å². The van der Waals surface area contributed by atoms with Gasteiger partial charge in [0.1, 0.15) is 0 Å². The van der Waals surface area contributed by atoms with Crippen LogP contribution in [0.2, 0.25) is 0 Å². The van der Waals surface area contributed by atoms with Crippen LogP contribution in [-0.2, 0) is 0 Å². The lowest BCUT2D eigenvalue weighted by Gasteiger charge is -2.04. The second kappa shape index (κ2) is 3.41. The van der Waals surface area contributed by atoms with Gasteiger partial charge in [0.25, 0.3) is 0 Å². The zero-order valence-corrected chi connectivity index (χ0v) is 7.81. The summed E-state index contributed by atoms with van der Waals surface area (Å²) in [6.45, 7) is 1.95. The van der Waals surface area contributed by atoms with E-state index in [0.717, 1.165) is 16.8 Å². The molecule has 4 nitrogen and oxygen atoms in total. The largest absolute Gasteiger partial charge is 0.368 e. The molecule has 70 valence electrons. The number of nitrogens with two attached hydrogens (primary N) is 1. The van der Waals surface area contributed by atoms with Crippen molar-refractivity contribution in [2.45, 2.75) is 6.92 Å². The summed E-state index contributed by atoms with van der Waals surface area (Å²) in [5, 5.41) is 0. The van der Waals surface area contributed by atoms with E-state index < -0.39 is 0 Å². The third-order valence-corrected chi connectivity index (χ3v) is 1.94. The minimum absolute atomic E-state index is 0.294. The third-order valence-electron chi connectivity index (χ3n) is 1.94. The average Bonchev–Trinajstić information content (AvgIpc) is 2.23. The molecule has 0 aliphatic rings. The minimum atomic E-state index is 0.294. The maximum atomic E-state index is 5.53. The van der Waals surface area contributed by atoms with E-state index >= 15 is 0 Å². The Kier molecular flexibility index (Phi) is 2.10. The summed E-state index contributed by atoms with van der Waals surface area (Å²) in [5.74, 6) is 0.294. The standard InChI is InChI=1S/C10H10N4/c1-7-6-13-10(11)14-9(7)8-2-4-12-5-3-8/h2-6H,1H3,(H2,11,13,14). The van der Waals surface area contributed by atoms with Gasteiger partial charge in [-0.05, 0) is 24.6 Å². The Bertz CT molecular complexity index is 439. The first-order chi connectivity index (χ1) is 6.77. The normalized spacial score (nSPS) is 10.1. The maximum Gasteiger partial charge on any atom is 0.220 e. The molecule has 2 N–H and O–H groups in total. The van der Waals surface area contributed by atoms with Crippen molar-refractivity contribution >= 4 is 5.95 Å². The Morgan fingerprint density at radius 3 is 2.64 bits per heavy atom. The fourth-order valence-corrected chi connectivity index (χ4v) is 1.26. The first-order valence-corrected chi connectivity index (χ1v) is 4.27. The van der Waals surface area contributed by atoms with Crippen LogP contribution in [-0.4, -0.2) is 15.0 Å². The Morgan fingerprint density at radius 2 is 1.93 bits per heavy atom. The first-order valence-electron chi connectivity index (χ1n) is 4.27. The number of nitrogen functional groups attached to an aromatic ring is 1. The minimum Gasteiger partial charge on any atom is -0.368 e. The van der Waals surface area contributed by atoms with Gasteiger partial charge in [0.15, 0.2) is 0 Å². The highest BCUT2D eigenvalue weighted by Crippen LogP contribution is 2.19. The number of anilines is 1. The predicted octanol–water partition coefficient (Wildman–Crippen LogP) is 1.43. The number of aromatic nitrogens is 3. The number of hydrogen-bond donors (Lipinski definition) is 1. The topological polar surface area (TPSA) is 64.7 Å². The average molecular weight is 186 g/mol. The lowest BCUT2D eigenvalue weighted by Crippen LogP contribution is -1.98. The molecular weight excluding hydrogens is 176 g/mol. The molecule has 4 heteroatoms. The van der Waals surface area contributed by atoms with E-state index in [0.29, 0.717) is 5.95 Å². The summed E-state index contributed by atoms with van der Waals surface area (Å²) in [5.41, 5.74) is 8.40. The van der Waals surface area contributed by atoms with Gasteiger partial charge in [0.05, 0.1) is 5.69 Å². The molecule has 2 aromatic heterocycles. The molecule has 0 spiro atoms. The lowest BCUT2D eigenvalue weighted by molar-refractivity contribution is 1.15. The number of pyridine rings is 1. The Morgan fingerprint density at radius 1 is 1.21 bits per heavy atom. The number of rotatable bonds is 1. The van der Waals surface area contributed by atoms with E-state index in [-0.39, 0.29) is 0 Å². The van der Waals surface area contributed by atoms with Crippen LogP contribution >= 0.6 is 0 Å². The van der Waals surface area contributed by atoms with Crippen LogP contribution in [0.3, 0.4) is 0 Å². The third kappa shape index (κ3) is 1.54. The molecular formula is C10H10N4. The van der Waals surface area contributed by atoms with E-state index in [2.05, 4.69) is 15.0 Å². The molecule has 0 unspecified atom stereocenters. The quantitative estimate of drug-likeness (QED) is 0.731. The van der Waals surface area contributed by atoms with Crippen LogP contribution in [0.15, 0.2) is 30.7 Å². The molecule has 0 aliphatic carbocycles. The zero-order chi connectivity index (χ0) is 9.97. The Hall–Kier alpha value is -1.97. The Balaban J connectivity index is 2.57. The number of nitrogens with zero attached hydrogens (tertiary/aromatic N) is 3. The lowest BCUT2D eigenvalue weighted by atomic mass is 10.1. The highest BCUT2D eigenvalue weighted by molar-refractivity contribution is 5.62. The van der Waals surface area contributed by atoms with Crippen molar-refractivity contribution in [3.8, 4) is 11.3 Å². The SMILES string of the molecule is Cc1cnc(N)nc1-c1ccncc1. The second-order valence-corrected chi connectivity index (χ2v) is 3.00. The van der Waals surface area contributed by atoms with Gasteiger partial charge >= 0.3 is 0 Å².